The third-order valence-corrected chi connectivity index (χ3v) is 8.41. The highest BCUT2D eigenvalue weighted by atomic mass is 16.2. The second kappa shape index (κ2) is 11.1. The molecule has 0 spiro atoms. The van der Waals surface area contributed by atoms with Crippen LogP contribution in [0.1, 0.15) is 56.0 Å². The van der Waals surface area contributed by atoms with Crippen LogP contribution in [0.4, 0.5) is 4.79 Å². The van der Waals surface area contributed by atoms with Gasteiger partial charge in [0.2, 0.25) is 5.91 Å². The van der Waals surface area contributed by atoms with E-state index in [0.717, 1.165) is 25.1 Å². The van der Waals surface area contributed by atoms with Crippen LogP contribution < -0.4 is 11.0 Å². The molecule has 3 aromatic rings. The number of nitrogens with one attached hydrogen (secondary N) is 2. The van der Waals surface area contributed by atoms with E-state index >= 15 is 0 Å². The molecule has 2 unspecified atom stereocenters. The van der Waals surface area contributed by atoms with Gasteiger partial charge in [-0.25, -0.2) is 14.3 Å². The summed E-state index contributed by atoms with van der Waals surface area (Å²) in [6.45, 7) is 2.54. The molecule has 204 valence electrons. The van der Waals surface area contributed by atoms with Crippen LogP contribution in [0.5, 0.6) is 0 Å². The van der Waals surface area contributed by atoms with Crippen LogP contribution in [0.3, 0.4) is 0 Å². The molecule has 9 heteroatoms. The molecule has 6 rings (SSSR count). The number of benzene rings is 2. The Hall–Kier alpha value is -3.88. The van der Waals surface area contributed by atoms with Gasteiger partial charge in [0.1, 0.15) is 6.04 Å². The van der Waals surface area contributed by atoms with E-state index in [9.17, 15) is 14.4 Å². The van der Waals surface area contributed by atoms with Crippen molar-refractivity contribution in [1.29, 1.82) is 0 Å². The van der Waals surface area contributed by atoms with Crippen molar-refractivity contribution < 1.29 is 9.59 Å². The molecule has 2 saturated heterocycles. The van der Waals surface area contributed by atoms with Crippen molar-refractivity contribution in [2.45, 2.75) is 56.5 Å². The molecule has 39 heavy (non-hydrogen) atoms. The smallest absolute Gasteiger partial charge is 0.341 e. The Morgan fingerprint density at radius 3 is 2.28 bits per heavy atom. The van der Waals surface area contributed by atoms with Gasteiger partial charge in [0.25, 0.3) is 0 Å². The Kier molecular flexibility index (Phi) is 7.22. The third-order valence-electron chi connectivity index (χ3n) is 8.41. The number of carbonyl (C=O) groups is 2. The van der Waals surface area contributed by atoms with Crippen LogP contribution in [0, 0.1) is 5.92 Å². The fraction of sp³-hybridized carbons (Fsp3) is 0.467. The van der Waals surface area contributed by atoms with E-state index in [-0.39, 0.29) is 29.6 Å². The highest BCUT2D eigenvalue weighted by Crippen LogP contribution is 2.33. The van der Waals surface area contributed by atoms with Crippen LogP contribution in [0.2, 0.25) is 0 Å². The van der Waals surface area contributed by atoms with Crippen molar-refractivity contribution in [2.75, 3.05) is 26.2 Å². The molecule has 1 saturated carbocycles. The second-order valence-corrected chi connectivity index (χ2v) is 11.2. The van der Waals surface area contributed by atoms with Crippen molar-refractivity contribution in [3.8, 4) is 11.4 Å². The van der Waals surface area contributed by atoms with Crippen LogP contribution >= 0.6 is 0 Å². The average Bonchev–Trinajstić information content (AvgIpc) is 3.74. The lowest BCUT2D eigenvalue weighted by Crippen LogP contribution is -2.53. The summed E-state index contributed by atoms with van der Waals surface area (Å²) in [6, 6.07) is 19.1. The number of rotatable bonds is 6. The minimum Gasteiger partial charge on any atom is -0.341 e. The van der Waals surface area contributed by atoms with Crippen molar-refractivity contribution >= 4 is 11.9 Å². The zero-order valence-corrected chi connectivity index (χ0v) is 22.2. The van der Waals surface area contributed by atoms with Gasteiger partial charge in [-0.2, -0.15) is 0 Å². The predicted octanol–water partition coefficient (Wildman–Crippen LogP) is 3.77. The fourth-order valence-corrected chi connectivity index (χ4v) is 5.95. The van der Waals surface area contributed by atoms with Gasteiger partial charge in [-0.05, 0) is 55.9 Å². The van der Waals surface area contributed by atoms with Gasteiger partial charge in [-0.1, -0.05) is 60.7 Å². The first kappa shape index (κ1) is 25.4. The lowest BCUT2D eigenvalue weighted by molar-refractivity contribution is -0.133. The zero-order valence-electron chi connectivity index (χ0n) is 22.2. The number of aromatic amines is 1. The van der Waals surface area contributed by atoms with Gasteiger partial charge in [0.15, 0.2) is 5.82 Å². The molecule has 3 amide bonds. The molecule has 2 atom stereocenters. The van der Waals surface area contributed by atoms with Crippen LogP contribution in [0.15, 0.2) is 65.5 Å². The van der Waals surface area contributed by atoms with E-state index in [1.807, 2.05) is 53.4 Å². The predicted molar refractivity (Wildman–Crippen MR) is 148 cm³/mol. The van der Waals surface area contributed by atoms with E-state index in [1.165, 1.54) is 23.1 Å². The molecule has 0 radical (unpaired) electrons. The maximum Gasteiger partial charge on any atom is 0.343 e. The number of piperidine rings is 1. The molecule has 3 heterocycles. The topological polar surface area (TPSA) is 103 Å². The summed E-state index contributed by atoms with van der Waals surface area (Å²) in [5.74, 6) is 1.42. The Labute approximate surface area is 228 Å². The number of hydrogen-bond donors (Lipinski definition) is 2. The first-order valence-corrected chi connectivity index (χ1v) is 14.2. The van der Waals surface area contributed by atoms with Crippen molar-refractivity contribution in [3.63, 3.8) is 0 Å². The highest BCUT2D eigenvalue weighted by Gasteiger charge is 2.37. The molecular formula is C30H36N6O3. The molecule has 3 aliphatic rings. The largest absolute Gasteiger partial charge is 0.343 e. The summed E-state index contributed by atoms with van der Waals surface area (Å²) in [5.41, 5.74) is 1.85. The number of H-pyrrole nitrogens is 1. The molecule has 0 bridgehead atoms. The summed E-state index contributed by atoms with van der Waals surface area (Å²) in [7, 11) is 0. The lowest BCUT2D eigenvalue weighted by Gasteiger charge is -2.33. The normalized spacial score (nSPS) is 22.5. The Morgan fingerprint density at radius 1 is 0.897 bits per heavy atom. The second-order valence-electron chi connectivity index (χ2n) is 11.2. The molecule has 2 aliphatic heterocycles. The number of carbonyl (C=O) groups excluding carboxylic acids is 2. The fourth-order valence-electron chi connectivity index (χ4n) is 5.95. The Morgan fingerprint density at radius 2 is 1.59 bits per heavy atom. The maximum absolute atomic E-state index is 13.5. The van der Waals surface area contributed by atoms with E-state index in [2.05, 4.69) is 27.5 Å². The van der Waals surface area contributed by atoms with Gasteiger partial charge < -0.3 is 15.1 Å². The lowest BCUT2D eigenvalue weighted by atomic mass is 9.90. The third kappa shape index (κ3) is 5.77. The molecule has 1 aliphatic carbocycles. The van der Waals surface area contributed by atoms with Crippen molar-refractivity contribution in [2.24, 2.45) is 5.92 Å². The maximum atomic E-state index is 13.5. The number of hydrogen-bond acceptors (Lipinski definition) is 4. The van der Waals surface area contributed by atoms with Crippen LogP contribution in [0.25, 0.3) is 11.4 Å². The average molecular weight is 529 g/mol. The van der Waals surface area contributed by atoms with Gasteiger partial charge in [0, 0.05) is 31.7 Å². The van der Waals surface area contributed by atoms with E-state index in [1.54, 1.807) is 4.90 Å². The quantitative estimate of drug-likeness (QED) is 0.508. The summed E-state index contributed by atoms with van der Waals surface area (Å²) in [4.78, 5) is 46.1. The van der Waals surface area contributed by atoms with E-state index in [4.69, 9.17) is 0 Å². The first-order chi connectivity index (χ1) is 19.0. The molecule has 9 nitrogen and oxygen atoms in total. The Balaban J connectivity index is 1.10. The van der Waals surface area contributed by atoms with E-state index < -0.39 is 6.04 Å². The molecular weight excluding hydrogens is 492 g/mol. The SMILES string of the molecule is O=C(NC1CC(c2ccccc2)CCN(CC2CC2)C1=O)N1CCC(n2nc(-c3ccccc3)[nH]c2=O)CC1. The minimum atomic E-state index is -0.538. The van der Waals surface area contributed by atoms with Crippen molar-refractivity contribution in [3.05, 3.63) is 76.7 Å². The number of likely N-dealkylation sites (tertiary alicyclic amines) is 2. The number of nitrogens with zero attached hydrogens (tertiary/aromatic N) is 4. The minimum absolute atomic E-state index is 0.0417. The number of urea groups is 1. The van der Waals surface area contributed by atoms with Gasteiger partial charge in [-0.3, -0.25) is 9.78 Å². The standard InChI is InChI=1S/C30H36N6O3/c37-28-26(19-24(22-7-3-1-4-8-22)13-16-35(28)20-21-11-12-21)31-29(38)34-17-14-25(15-18-34)36-30(39)32-27(33-36)23-9-5-2-6-10-23/h1-10,21,24-26H,11-20H2,(H,31,38)(H,32,33,39). The molecule has 2 N–H and O–H groups in total. The summed E-state index contributed by atoms with van der Waals surface area (Å²) >= 11 is 0. The molecule has 1 aromatic heterocycles. The van der Waals surface area contributed by atoms with Gasteiger partial charge in [0.05, 0.1) is 6.04 Å². The number of aromatic nitrogens is 3. The summed E-state index contributed by atoms with van der Waals surface area (Å²) in [5, 5.41) is 7.64. The van der Waals surface area contributed by atoms with Gasteiger partial charge in [-0.15, -0.1) is 5.10 Å². The van der Waals surface area contributed by atoms with E-state index in [0.29, 0.717) is 44.1 Å². The summed E-state index contributed by atoms with van der Waals surface area (Å²) < 4.78 is 1.52. The van der Waals surface area contributed by atoms with Gasteiger partial charge >= 0.3 is 11.7 Å². The monoisotopic (exact) mass is 528 g/mol. The highest BCUT2D eigenvalue weighted by molar-refractivity contribution is 5.87. The van der Waals surface area contributed by atoms with Crippen LogP contribution in [-0.2, 0) is 4.79 Å². The van der Waals surface area contributed by atoms with Crippen LogP contribution in [-0.4, -0.2) is 68.7 Å². The Bertz CT molecular complexity index is 1340. The van der Waals surface area contributed by atoms with Crippen molar-refractivity contribution in [1.82, 2.24) is 29.9 Å². The number of amides is 3. The molecule has 2 aromatic carbocycles. The first-order valence-electron chi connectivity index (χ1n) is 14.2. The molecule has 3 fully saturated rings. The zero-order chi connectivity index (χ0) is 26.8. The summed E-state index contributed by atoms with van der Waals surface area (Å²) in [6.07, 6.45) is 5.14.